The van der Waals surface area contributed by atoms with Crippen LogP contribution in [0.25, 0.3) is 0 Å². The molecule has 0 amide bonds. The molecule has 0 bridgehead atoms. The summed E-state index contributed by atoms with van der Waals surface area (Å²) in [6.07, 6.45) is -0.914. The second-order valence-corrected chi connectivity index (χ2v) is 7.36. The number of benzene rings is 2. The summed E-state index contributed by atoms with van der Waals surface area (Å²) in [6, 6.07) is 10.5. The molecule has 0 fully saturated rings. The number of hydrogen-bond acceptors (Lipinski definition) is 2. The Labute approximate surface area is 177 Å². The Morgan fingerprint density at radius 3 is 2.41 bits per heavy atom. The van der Waals surface area contributed by atoms with E-state index < -0.39 is 23.3 Å². The fourth-order valence-electron chi connectivity index (χ4n) is 4.14. The molecule has 2 aromatic rings. The van der Waals surface area contributed by atoms with Crippen molar-refractivity contribution in [3.05, 3.63) is 65.5 Å². The lowest BCUT2D eigenvalue weighted by atomic mass is 9.99. The van der Waals surface area contributed by atoms with Crippen molar-refractivity contribution in [3.63, 3.8) is 0 Å². The monoisotopic (exact) mass is 472 g/mol. The van der Waals surface area contributed by atoms with E-state index in [1.54, 1.807) is 11.0 Å². The third kappa shape index (κ3) is 4.05. The molecule has 29 heavy (non-hydrogen) atoms. The standard InChI is InChI=1S/C21H21F4N2O.BrH/c22-17-10-8-15(9-11-17)20(28)14-26-12-3-1-2-7-19(26)27(20)18-6-4-5-16(13-18)21(23,24)25;/h4-6,8-11,13,28H,1-3,7,12,14H2;1H/q+1;/p-1. The maximum Gasteiger partial charge on any atom is 0.416 e. The molecule has 2 aromatic carbocycles. The first-order valence-corrected chi connectivity index (χ1v) is 9.36. The largest absolute Gasteiger partial charge is 1.00 e. The normalized spacial score (nSPS) is 22.2. The van der Waals surface area contributed by atoms with E-state index in [1.807, 2.05) is 4.58 Å². The molecule has 2 aliphatic rings. The summed E-state index contributed by atoms with van der Waals surface area (Å²) in [4.78, 5) is 1.60. The van der Waals surface area contributed by atoms with Gasteiger partial charge in [0.2, 0.25) is 0 Å². The quantitative estimate of drug-likeness (QED) is 0.529. The number of aliphatic hydroxyl groups is 1. The van der Waals surface area contributed by atoms with E-state index in [9.17, 15) is 22.7 Å². The minimum atomic E-state index is -4.47. The van der Waals surface area contributed by atoms with E-state index in [0.29, 0.717) is 12.0 Å². The molecule has 0 radical (unpaired) electrons. The number of rotatable bonds is 2. The van der Waals surface area contributed by atoms with E-state index >= 15 is 0 Å². The lowest BCUT2D eigenvalue weighted by Gasteiger charge is -2.29. The van der Waals surface area contributed by atoms with Crippen molar-refractivity contribution in [2.45, 2.75) is 37.6 Å². The number of hydrogen-bond donors (Lipinski definition) is 1. The maximum atomic E-state index is 13.4. The second-order valence-electron chi connectivity index (χ2n) is 7.36. The summed E-state index contributed by atoms with van der Waals surface area (Å²) in [5.41, 5.74) is -1.60. The smallest absolute Gasteiger partial charge is 0.416 e. The summed E-state index contributed by atoms with van der Waals surface area (Å²) in [7, 11) is 0. The van der Waals surface area contributed by atoms with E-state index in [2.05, 4.69) is 0 Å². The zero-order valence-electron chi connectivity index (χ0n) is 15.6. The zero-order chi connectivity index (χ0) is 19.9. The minimum absolute atomic E-state index is 0. The number of halogens is 5. The number of nitrogens with zero attached hydrogens (tertiary/aromatic N) is 2. The van der Waals surface area contributed by atoms with E-state index in [0.717, 1.165) is 43.8 Å². The van der Waals surface area contributed by atoms with Crippen LogP contribution in [0.15, 0.2) is 48.5 Å². The molecule has 1 N–H and O–H groups in total. The molecule has 0 aliphatic carbocycles. The van der Waals surface area contributed by atoms with Gasteiger partial charge in [-0.2, -0.15) is 18.1 Å². The molecule has 0 spiro atoms. The molecule has 0 saturated heterocycles. The first-order chi connectivity index (χ1) is 13.3. The van der Waals surface area contributed by atoms with Crippen molar-refractivity contribution >= 4 is 11.5 Å². The van der Waals surface area contributed by atoms with Crippen LogP contribution in [-0.4, -0.2) is 28.6 Å². The average Bonchev–Trinajstić information content (AvgIpc) is 2.78. The molecule has 4 rings (SSSR count). The topological polar surface area (TPSA) is 26.5 Å². The SMILES string of the molecule is OC1(c2ccc(F)cc2)C[N+]2=C(CCCCC2)N1c1cccc(C(F)(F)F)c1.[Br-]. The predicted octanol–water partition coefficient (Wildman–Crippen LogP) is 1.50. The molecule has 2 aliphatic heterocycles. The van der Waals surface area contributed by atoms with Crippen molar-refractivity contribution in [3.8, 4) is 0 Å². The number of amidine groups is 1. The Kier molecular flexibility index (Phi) is 6.06. The zero-order valence-corrected chi connectivity index (χ0v) is 17.2. The first kappa shape index (κ1) is 21.8. The van der Waals surface area contributed by atoms with Gasteiger partial charge in [-0.1, -0.05) is 6.07 Å². The number of anilines is 1. The Morgan fingerprint density at radius 2 is 1.72 bits per heavy atom. The molecular formula is C21H21BrF4N2O. The molecule has 0 saturated carbocycles. The van der Waals surface area contributed by atoms with Gasteiger partial charge in [0.25, 0.3) is 11.6 Å². The van der Waals surface area contributed by atoms with Crippen molar-refractivity contribution in [1.82, 2.24) is 0 Å². The van der Waals surface area contributed by atoms with Crippen molar-refractivity contribution in [2.75, 3.05) is 18.0 Å². The Bertz CT molecular complexity index is 914. The lowest BCUT2D eigenvalue weighted by molar-refractivity contribution is -0.534. The van der Waals surface area contributed by atoms with Crippen LogP contribution in [0.3, 0.4) is 0 Å². The summed E-state index contributed by atoms with van der Waals surface area (Å²) >= 11 is 0. The van der Waals surface area contributed by atoms with Gasteiger partial charge in [0.1, 0.15) is 11.5 Å². The molecule has 156 valence electrons. The van der Waals surface area contributed by atoms with Crippen LogP contribution in [0, 0.1) is 5.82 Å². The second kappa shape index (κ2) is 8.07. The van der Waals surface area contributed by atoms with Crippen molar-refractivity contribution < 1.29 is 44.2 Å². The van der Waals surface area contributed by atoms with Crippen LogP contribution in [-0.2, 0) is 11.9 Å². The summed E-state index contributed by atoms with van der Waals surface area (Å²) in [6.45, 7) is 0.957. The third-order valence-electron chi connectivity index (χ3n) is 5.47. The number of alkyl halides is 3. The van der Waals surface area contributed by atoms with Crippen LogP contribution in [0.4, 0.5) is 23.2 Å². The summed E-state index contributed by atoms with van der Waals surface area (Å²) in [5.74, 6) is 0.377. The van der Waals surface area contributed by atoms with Crippen molar-refractivity contribution in [2.24, 2.45) is 0 Å². The van der Waals surface area contributed by atoms with Crippen LogP contribution in [0.2, 0.25) is 0 Å². The molecular weight excluding hydrogens is 452 g/mol. The summed E-state index contributed by atoms with van der Waals surface area (Å²) in [5, 5.41) is 11.6. The van der Waals surface area contributed by atoms with Crippen LogP contribution < -0.4 is 21.9 Å². The molecule has 3 nitrogen and oxygen atoms in total. The van der Waals surface area contributed by atoms with Gasteiger partial charge in [-0.15, -0.1) is 0 Å². The highest BCUT2D eigenvalue weighted by Gasteiger charge is 2.54. The molecule has 8 heteroatoms. The third-order valence-corrected chi connectivity index (χ3v) is 5.47. The van der Waals surface area contributed by atoms with Gasteiger partial charge in [0, 0.05) is 12.0 Å². The summed E-state index contributed by atoms with van der Waals surface area (Å²) < 4.78 is 55.3. The van der Waals surface area contributed by atoms with Gasteiger partial charge in [-0.3, -0.25) is 4.58 Å². The van der Waals surface area contributed by atoms with E-state index in [4.69, 9.17) is 0 Å². The fourth-order valence-corrected chi connectivity index (χ4v) is 4.14. The Hall–Kier alpha value is -1.93. The molecule has 1 unspecified atom stereocenters. The maximum absolute atomic E-state index is 13.4. The van der Waals surface area contributed by atoms with Gasteiger partial charge < -0.3 is 22.1 Å². The van der Waals surface area contributed by atoms with Gasteiger partial charge in [0.05, 0.1) is 12.1 Å². The highest BCUT2D eigenvalue weighted by atomic mass is 79.9. The van der Waals surface area contributed by atoms with Gasteiger partial charge in [-0.05, 0) is 61.7 Å². The molecule has 1 atom stereocenters. The fraction of sp³-hybridized carbons (Fsp3) is 0.381. The predicted molar refractivity (Wildman–Crippen MR) is 97.7 cm³/mol. The Morgan fingerprint density at radius 1 is 1.00 bits per heavy atom. The van der Waals surface area contributed by atoms with Gasteiger partial charge in [-0.25, -0.2) is 4.39 Å². The van der Waals surface area contributed by atoms with E-state index in [1.165, 1.54) is 30.3 Å². The highest BCUT2D eigenvalue weighted by molar-refractivity contribution is 5.97. The van der Waals surface area contributed by atoms with Crippen LogP contribution >= 0.6 is 0 Å². The highest BCUT2D eigenvalue weighted by Crippen LogP contribution is 2.40. The lowest BCUT2D eigenvalue weighted by Crippen LogP contribution is -3.00. The van der Waals surface area contributed by atoms with Gasteiger partial charge >= 0.3 is 6.18 Å². The average molecular weight is 473 g/mol. The Balaban J connectivity index is 0.00000240. The van der Waals surface area contributed by atoms with Crippen molar-refractivity contribution in [1.29, 1.82) is 0 Å². The van der Waals surface area contributed by atoms with E-state index in [-0.39, 0.29) is 29.2 Å². The molecule has 0 aromatic heterocycles. The first-order valence-electron chi connectivity index (χ1n) is 9.36. The van der Waals surface area contributed by atoms with Crippen LogP contribution in [0.1, 0.15) is 36.8 Å². The van der Waals surface area contributed by atoms with Crippen LogP contribution in [0.5, 0.6) is 0 Å². The molecule has 2 heterocycles. The minimum Gasteiger partial charge on any atom is -1.00 e. The van der Waals surface area contributed by atoms with Gasteiger partial charge in [0.15, 0.2) is 6.54 Å².